The number of carbonyl (C=O) groups excluding carboxylic acids is 1. The van der Waals surface area contributed by atoms with Crippen molar-refractivity contribution in [3.63, 3.8) is 0 Å². The van der Waals surface area contributed by atoms with Gasteiger partial charge in [0.25, 0.3) is 5.91 Å². The molecular weight excluding hydrogens is 228 g/mol. The third-order valence-electron chi connectivity index (χ3n) is 4.30. The fourth-order valence-corrected chi connectivity index (χ4v) is 2.66. The standard InChI is InChI=1S/C13H20N4O/c1-7-5-17(6-8(7)2)13(18)12-10(14)11(15-16-12)9-3-4-9/h7-9H,3-6,14H2,1-2H3,(H,15,16). The molecule has 5 nitrogen and oxygen atoms in total. The predicted molar refractivity (Wildman–Crippen MR) is 69.2 cm³/mol. The number of hydrogen-bond donors (Lipinski definition) is 2. The number of likely N-dealkylation sites (tertiary alicyclic amines) is 1. The van der Waals surface area contributed by atoms with Crippen molar-refractivity contribution < 1.29 is 4.79 Å². The zero-order valence-corrected chi connectivity index (χ0v) is 10.9. The number of anilines is 1. The zero-order valence-electron chi connectivity index (χ0n) is 10.9. The molecular formula is C13H20N4O. The fraction of sp³-hybridized carbons (Fsp3) is 0.692. The lowest BCUT2D eigenvalue weighted by Gasteiger charge is -2.14. The summed E-state index contributed by atoms with van der Waals surface area (Å²) in [6.07, 6.45) is 2.30. The fourth-order valence-electron chi connectivity index (χ4n) is 2.66. The zero-order chi connectivity index (χ0) is 12.9. The number of rotatable bonds is 2. The van der Waals surface area contributed by atoms with E-state index in [-0.39, 0.29) is 5.91 Å². The van der Waals surface area contributed by atoms with Gasteiger partial charge >= 0.3 is 0 Å². The maximum absolute atomic E-state index is 12.4. The number of nitrogens with one attached hydrogen (secondary N) is 1. The van der Waals surface area contributed by atoms with Crippen molar-refractivity contribution in [1.29, 1.82) is 0 Å². The Balaban J connectivity index is 1.80. The van der Waals surface area contributed by atoms with Gasteiger partial charge < -0.3 is 10.6 Å². The summed E-state index contributed by atoms with van der Waals surface area (Å²) < 4.78 is 0. The number of amides is 1. The third kappa shape index (κ3) is 1.78. The van der Waals surface area contributed by atoms with Crippen molar-refractivity contribution in [1.82, 2.24) is 15.1 Å². The third-order valence-corrected chi connectivity index (χ3v) is 4.30. The van der Waals surface area contributed by atoms with Gasteiger partial charge in [0.2, 0.25) is 0 Å². The van der Waals surface area contributed by atoms with Crippen LogP contribution in [0.25, 0.3) is 0 Å². The van der Waals surface area contributed by atoms with E-state index < -0.39 is 0 Å². The molecule has 1 amide bonds. The van der Waals surface area contributed by atoms with Crippen LogP contribution in [0.3, 0.4) is 0 Å². The molecule has 1 saturated carbocycles. The SMILES string of the molecule is CC1CN(C(=O)c2n[nH]c(C3CC3)c2N)CC1C. The Kier molecular flexibility index (Phi) is 2.57. The van der Waals surface area contributed by atoms with Crippen LogP contribution < -0.4 is 5.73 Å². The molecule has 18 heavy (non-hydrogen) atoms. The Bertz CT molecular complexity index is 467. The number of nitrogens with zero attached hydrogens (tertiary/aromatic N) is 2. The van der Waals surface area contributed by atoms with Gasteiger partial charge in [-0.05, 0) is 24.7 Å². The Morgan fingerprint density at radius 1 is 1.33 bits per heavy atom. The van der Waals surface area contributed by atoms with Crippen molar-refractivity contribution in [2.45, 2.75) is 32.6 Å². The van der Waals surface area contributed by atoms with E-state index in [1.807, 2.05) is 4.90 Å². The lowest BCUT2D eigenvalue weighted by atomic mass is 10.0. The van der Waals surface area contributed by atoms with Gasteiger partial charge in [0.15, 0.2) is 5.69 Å². The molecule has 3 rings (SSSR count). The Morgan fingerprint density at radius 3 is 2.50 bits per heavy atom. The first-order chi connectivity index (χ1) is 8.58. The van der Waals surface area contributed by atoms with Crippen molar-refractivity contribution in [2.24, 2.45) is 11.8 Å². The van der Waals surface area contributed by atoms with E-state index in [4.69, 9.17) is 5.73 Å². The van der Waals surface area contributed by atoms with E-state index >= 15 is 0 Å². The molecule has 98 valence electrons. The van der Waals surface area contributed by atoms with Gasteiger partial charge in [-0.15, -0.1) is 0 Å². The molecule has 0 spiro atoms. The first-order valence-electron chi connectivity index (χ1n) is 6.71. The van der Waals surface area contributed by atoms with Crippen molar-refractivity contribution in [3.8, 4) is 0 Å². The summed E-state index contributed by atoms with van der Waals surface area (Å²) in [5, 5.41) is 7.07. The van der Waals surface area contributed by atoms with Crippen LogP contribution >= 0.6 is 0 Å². The van der Waals surface area contributed by atoms with Crippen LogP contribution in [-0.2, 0) is 0 Å². The second-order valence-corrected chi connectivity index (χ2v) is 5.84. The minimum atomic E-state index is -0.0214. The molecule has 0 aromatic carbocycles. The summed E-state index contributed by atoms with van der Waals surface area (Å²) in [6, 6.07) is 0. The summed E-state index contributed by atoms with van der Waals surface area (Å²) in [7, 11) is 0. The van der Waals surface area contributed by atoms with E-state index in [1.54, 1.807) is 0 Å². The maximum Gasteiger partial charge on any atom is 0.276 e. The summed E-state index contributed by atoms with van der Waals surface area (Å²) >= 11 is 0. The summed E-state index contributed by atoms with van der Waals surface area (Å²) in [5.41, 5.74) is 7.98. The number of aromatic amines is 1. The van der Waals surface area contributed by atoms with E-state index in [0.29, 0.717) is 29.1 Å². The quantitative estimate of drug-likeness (QED) is 0.834. The predicted octanol–water partition coefficient (Wildman–Crippen LogP) is 1.60. The Morgan fingerprint density at radius 2 is 1.94 bits per heavy atom. The van der Waals surface area contributed by atoms with E-state index in [0.717, 1.165) is 31.6 Å². The largest absolute Gasteiger partial charge is 0.395 e. The van der Waals surface area contributed by atoms with Crippen LogP contribution in [0.1, 0.15) is 48.8 Å². The number of nitrogen functional groups attached to an aromatic ring is 1. The number of nitrogens with two attached hydrogens (primary N) is 1. The van der Waals surface area contributed by atoms with Crippen molar-refractivity contribution >= 4 is 11.6 Å². The molecule has 2 atom stereocenters. The summed E-state index contributed by atoms with van der Waals surface area (Å²) in [6.45, 7) is 5.99. The molecule has 0 bridgehead atoms. The molecule has 2 heterocycles. The lowest BCUT2D eigenvalue weighted by molar-refractivity contribution is 0.0780. The number of H-pyrrole nitrogens is 1. The van der Waals surface area contributed by atoms with Crippen LogP contribution in [0.5, 0.6) is 0 Å². The minimum absolute atomic E-state index is 0.0214. The van der Waals surface area contributed by atoms with Gasteiger partial charge in [-0.3, -0.25) is 9.89 Å². The van der Waals surface area contributed by atoms with Gasteiger partial charge in [0, 0.05) is 19.0 Å². The first kappa shape index (κ1) is 11.6. The maximum atomic E-state index is 12.4. The second kappa shape index (κ2) is 4.00. The van der Waals surface area contributed by atoms with E-state index in [1.165, 1.54) is 0 Å². The molecule has 2 unspecified atom stereocenters. The molecule has 1 aromatic rings. The van der Waals surface area contributed by atoms with Gasteiger partial charge in [-0.25, -0.2) is 0 Å². The molecule has 2 aliphatic rings. The first-order valence-corrected chi connectivity index (χ1v) is 6.71. The highest BCUT2D eigenvalue weighted by Gasteiger charge is 2.34. The lowest BCUT2D eigenvalue weighted by Crippen LogP contribution is -2.29. The van der Waals surface area contributed by atoms with Gasteiger partial charge in [-0.1, -0.05) is 13.8 Å². The molecule has 1 aromatic heterocycles. The molecule has 1 aliphatic heterocycles. The van der Waals surface area contributed by atoms with Crippen LogP contribution in [0.4, 0.5) is 5.69 Å². The smallest absolute Gasteiger partial charge is 0.276 e. The molecule has 2 fully saturated rings. The number of aromatic nitrogens is 2. The van der Waals surface area contributed by atoms with Gasteiger partial charge in [-0.2, -0.15) is 5.10 Å². The summed E-state index contributed by atoms with van der Waals surface area (Å²) in [5.74, 6) is 1.58. The number of hydrogen-bond acceptors (Lipinski definition) is 3. The molecule has 5 heteroatoms. The van der Waals surface area contributed by atoms with Crippen molar-refractivity contribution in [2.75, 3.05) is 18.8 Å². The number of carbonyl (C=O) groups is 1. The highest BCUT2D eigenvalue weighted by molar-refractivity contribution is 5.98. The molecule has 3 N–H and O–H groups in total. The molecule has 1 aliphatic carbocycles. The molecule has 1 saturated heterocycles. The topological polar surface area (TPSA) is 75.0 Å². The van der Waals surface area contributed by atoms with Crippen LogP contribution in [-0.4, -0.2) is 34.1 Å². The van der Waals surface area contributed by atoms with Crippen LogP contribution in [0.15, 0.2) is 0 Å². The summed E-state index contributed by atoms with van der Waals surface area (Å²) in [4.78, 5) is 14.3. The Hall–Kier alpha value is -1.52. The second-order valence-electron chi connectivity index (χ2n) is 5.84. The molecule has 0 radical (unpaired) electrons. The van der Waals surface area contributed by atoms with Crippen molar-refractivity contribution in [3.05, 3.63) is 11.4 Å². The average molecular weight is 248 g/mol. The normalized spacial score (nSPS) is 27.8. The van der Waals surface area contributed by atoms with Gasteiger partial charge in [0.1, 0.15) is 0 Å². The Labute approximate surface area is 107 Å². The minimum Gasteiger partial charge on any atom is -0.395 e. The van der Waals surface area contributed by atoms with Gasteiger partial charge in [0.05, 0.1) is 11.4 Å². The van der Waals surface area contributed by atoms with E-state index in [9.17, 15) is 4.79 Å². The van der Waals surface area contributed by atoms with Crippen LogP contribution in [0.2, 0.25) is 0 Å². The monoisotopic (exact) mass is 248 g/mol. The highest BCUT2D eigenvalue weighted by atomic mass is 16.2. The average Bonchev–Trinajstić information content (AvgIpc) is 3.03. The highest BCUT2D eigenvalue weighted by Crippen LogP contribution is 2.42. The van der Waals surface area contributed by atoms with Crippen LogP contribution in [0, 0.1) is 11.8 Å². The van der Waals surface area contributed by atoms with E-state index in [2.05, 4.69) is 24.0 Å².